The van der Waals surface area contributed by atoms with Gasteiger partial charge in [-0.25, -0.2) is 5.01 Å². The fourth-order valence-electron chi connectivity index (χ4n) is 3.77. The summed E-state index contributed by atoms with van der Waals surface area (Å²) >= 11 is 6.09. The van der Waals surface area contributed by atoms with Crippen molar-refractivity contribution in [3.8, 4) is 0 Å². The van der Waals surface area contributed by atoms with Crippen LogP contribution in [0.4, 0.5) is 0 Å². The van der Waals surface area contributed by atoms with Gasteiger partial charge in [-0.3, -0.25) is 10.1 Å². The fraction of sp³-hybridized carbons (Fsp3) is 0.154. The topological polar surface area (TPSA) is 130 Å². The third kappa shape index (κ3) is 6.41. The molecule has 11 heteroatoms. The Bertz CT molecular complexity index is 1490. The summed E-state index contributed by atoms with van der Waals surface area (Å²) in [6.45, 7) is 3.35. The van der Waals surface area contributed by atoms with Gasteiger partial charge in [0, 0.05) is 17.9 Å². The van der Waals surface area contributed by atoms with Crippen molar-refractivity contribution in [3.05, 3.63) is 101 Å². The highest BCUT2D eigenvalue weighted by molar-refractivity contribution is 7.90. The third-order valence-electron chi connectivity index (χ3n) is 5.53. The number of nitrogens with one attached hydrogen (secondary N) is 1. The van der Waals surface area contributed by atoms with E-state index in [0.717, 1.165) is 16.7 Å². The predicted octanol–water partition coefficient (Wildman–Crippen LogP) is 3.65. The normalized spacial score (nSPS) is 16.5. The zero-order valence-corrected chi connectivity index (χ0v) is 21.7. The van der Waals surface area contributed by atoms with Crippen molar-refractivity contribution in [1.82, 2.24) is 10.3 Å². The number of nitrogens with two attached hydrogens (primary N) is 1. The summed E-state index contributed by atoms with van der Waals surface area (Å²) in [6, 6.07) is 23.2. The molecule has 0 bridgehead atoms. The number of nitrogens with zero attached hydrogens (tertiary/aromatic N) is 4. The molecule has 3 N–H and O–H groups in total. The molecule has 190 valence electrons. The SMILES string of the molecule is CC(=O)N/C(N)=N/C(=N/S(=O)(=O)c1ccc(C)cc1)N1CC(c2ccccc2)C(c2ccc(Cl)cc2)=N1. The van der Waals surface area contributed by atoms with E-state index in [1.54, 1.807) is 24.3 Å². The number of carbonyl (C=O) groups is 1. The maximum Gasteiger partial charge on any atom is 0.285 e. The van der Waals surface area contributed by atoms with Crippen LogP contribution >= 0.6 is 11.6 Å². The monoisotopic (exact) mass is 536 g/mol. The number of hydrogen-bond acceptors (Lipinski definition) is 4. The number of amides is 1. The summed E-state index contributed by atoms with van der Waals surface area (Å²) in [6.07, 6.45) is 0. The molecule has 0 aliphatic carbocycles. The minimum Gasteiger partial charge on any atom is -0.369 e. The maximum atomic E-state index is 13.2. The smallest absolute Gasteiger partial charge is 0.285 e. The minimum absolute atomic E-state index is 0.00962. The standard InChI is InChI=1S/C26H25ClN6O3S/c1-17-8-14-22(15-9-17)37(35,36)32-26(30-25(28)29-18(2)34)33-16-23(19-6-4-3-5-7-19)24(31-33)20-10-12-21(27)13-11-20/h3-15,23H,16H2,1-2H3,(H3,28,29,30,32,34). The van der Waals surface area contributed by atoms with E-state index in [2.05, 4.69) is 14.7 Å². The van der Waals surface area contributed by atoms with E-state index in [0.29, 0.717) is 10.7 Å². The van der Waals surface area contributed by atoms with E-state index < -0.39 is 15.9 Å². The van der Waals surface area contributed by atoms with Crippen molar-refractivity contribution in [2.75, 3.05) is 6.54 Å². The second kappa shape index (κ2) is 10.9. The zero-order valence-electron chi connectivity index (χ0n) is 20.2. The number of aryl methyl sites for hydroxylation is 1. The molecule has 0 radical (unpaired) electrons. The first-order valence-electron chi connectivity index (χ1n) is 11.3. The molecule has 1 aliphatic rings. The van der Waals surface area contributed by atoms with Crippen LogP contribution in [-0.4, -0.2) is 43.5 Å². The number of benzene rings is 3. The summed E-state index contributed by atoms with van der Waals surface area (Å²) in [5.41, 5.74) is 9.24. The number of hydrogen-bond donors (Lipinski definition) is 2. The van der Waals surface area contributed by atoms with Gasteiger partial charge in [-0.15, -0.1) is 4.40 Å². The van der Waals surface area contributed by atoms with Crippen molar-refractivity contribution in [1.29, 1.82) is 0 Å². The van der Waals surface area contributed by atoms with E-state index in [9.17, 15) is 13.2 Å². The summed E-state index contributed by atoms with van der Waals surface area (Å²) in [5, 5.41) is 9.01. The van der Waals surface area contributed by atoms with Gasteiger partial charge in [0.05, 0.1) is 17.2 Å². The van der Waals surface area contributed by atoms with E-state index >= 15 is 0 Å². The molecule has 1 aliphatic heterocycles. The summed E-state index contributed by atoms with van der Waals surface area (Å²) in [5.74, 6) is -1.28. The number of hydrazone groups is 1. The maximum absolute atomic E-state index is 13.2. The van der Waals surface area contributed by atoms with Gasteiger partial charge in [0.15, 0.2) is 0 Å². The summed E-state index contributed by atoms with van der Waals surface area (Å²) < 4.78 is 30.3. The molecule has 3 aromatic rings. The molecule has 0 aromatic heterocycles. The number of carbonyl (C=O) groups excluding carboxylic acids is 1. The van der Waals surface area contributed by atoms with Crippen molar-refractivity contribution in [2.45, 2.75) is 24.7 Å². The van der Waals surface area contributed by atoms with E-state index in [-0.39, 0.29) is 29.3 Å². The Morgan fingerprint density at radius 3 is 2.32 bits per heavy atom. The molecule has 1 atom stereocenters. The molecule has 37 heavy (non-hydrogen) atoms. The highest BCUT2D eigenvalue weighted by Crippen LogP contribution is 2.30. The number of rotatable bonds is 4. The lowest BCUT2D eigenvalue weighted by Gasteiger charge is -2.16. The van der Waals surface area contributed by atoms with Crippen LogP contribution in [0.2, 0.25) is 5.02 Å². The molecule has 0 saturated carbocycles. The van der Waals surface area contributed by atoms with Crippen molar-refractivity contribution >= 4 is 45.2 Å². The van der Waals surface area contributed by atoms with Gasteiger partial charge in [-0.05, 0) is 42.3 Å². The average molecular weight is 537 g/mol. The molecule has 1 unspecified atom stereocenters. The molecule has 0 saturated heterocycles. The molecule has 1 amide bonds. The Balaban J connectivity index is 1.83. The first-order chi connectivity index (χ1) is 17.6. The lowest BCUT2D eigenvalue weighted by molar-refractivity contribution is -0.117. The van der Waals surface area contributed by atoms with Gasteiger partial charge in [0.2, 0.25) is 11.9 Å². The van der Waals surface area contributed by atoms with Gasteiger partial charge in [-0.1, -0.05) is 71.8 Å². The Morgan fingerprint density at radius 2 is 1.70 bits per heavy atom. The van der Waals surface area contributed by atoms with Crippen LogP contribution in [0.3, 0.4) is 0 Å². The van der Waals surface area contributed by atoms with Gasteiger partial charge in [0.1, 0.15) is 0 Å². The quantitative estimate of drug-likeness (QED) is 0.388. The van der Waals surface area contributed by atoms with Crippen molar-refractivity contribution in [2.24, 2.45) is 20.2 Å². The fourth-order valence-corrected chi connectivity index (χ4v) is 4.83. The number of halogens is 1. The zero-order chi connectivity index (χ0) is 26.6. The van der Waals surface area contributed by atoms with Gasteiger partial charge in [0.25, 0.3) is 16.0 Å². The minimum atomic E-state index is -4.17. The summed E-state index contributed by atoms with van der Waals surface area (Å²) in [7, 11) is -4.17. The van der Waals surface area contributed by atoms with Crippen LogP contribution in [0, 0.1) is 6.92 Å². The Hall–Kier alpha value is -4.02. The van der Waals surface area contributed by atoms with Crippen LogP contribution in [0.15, 0.2) is 98.2 Å². The van der Waals surface area contributed by atoms with Crippen molar-refractivity contribution < 1.29 is 13.2 Å². The van der Waals surface area contributed by atoms with Crippen LogP contribution < -0.4 is 11.1 Å². The average Bonchev–Trinajstić information content (AvgIpc) is 3.30. The second-order valence-corrected chi connectivity index (χ2v) is 10.4. The van der Waals surface area contributed by atoms with E-state index in [4.69, 9.17) is 22.4 Å². The van der Waals surface area contributed by atoms with Crippen molar-refractivity contribution in [3.63, 3.8) is 0 Å². The highest BCUT2D eigenvalue weighted by atomic mass is 35.5. The number of sulfonamides is 1. The summed E-state index contributed by atoms with van der Waals surface area (Å²) in [4.78, 5) is 15.6. The van der Waals surface area contributed by atoms with Gasteiger partial charge in [-0.2, -0.15) is 18.5 Å². The largest absolute Gasteiger partial charge is 0.369 e. The Labute approximate surface area is 220 Å². The third-order valence-corrected chi connectivity index (χ3v) is 7.06. The first-order valence-corrected chi connectivity index (χ1v) is 13.1. The molecule has 9 nitrogen and oxygen atoms in total. The highest BCUT2D eigenvalue weighted by Gasteiger charge is 2.32. The predicted molar refractivity (Wildman–Crippen MR) is 145 cm³/mol. The van der Waals surface area contributed by atoms with E-state index in [1.165, 1.54) is 24.1 Å². The van der Waals surface area contributed by atoms with E-state index in [1.807, 2.05) is 49.4 Å². The molecular weight excluding hydrogens is 512 g/mol. The molecule has 0 fully saturated rings. The number of guanidine groups is 2. The molecule has 3 aromatic carbocycles. The lowest BCUT2D eigenvalue weighted by Crippen LogP contribution is -2.37. The van der Waals surface area contributed by atoms with Gasteiger partial charge >= 0.3 is 0 Å². The van der Waals surface area contributed by atoms with Gasteiger partial charge < -0.3 is 5.73 Å². The molecule has 4 rings (SSSR count). The number of aliphatic imine (C=N–C) groups is 1. The Morgan fingerprint density at radius 1 is 1.05 bits per heavy atom. The molecular formula is C26H25ClN6O3S. The van der Waals surface area contributed by atoms with Crippen LogP contribution in [-0.2, 0) is 14.8 Å². The second-order valence-electron chi connectivity index (χ2n) is 8.40. The lowest BCUT2D eigenvalue weighted by atomic mass is 9.91. The Kier molecular flexibility index (Phi) is 7.70. The van der Waals surface area contributed by atoms with Crippen LogP contribution in [0.1, 0.15) is 29.5 Å². The van der Waals surface area contributed by atoms with Crippen LogP contribution in [0.25, 0.3) is 0 Å². The first kappa shape index (κ1) is 26.1. The molecule has 0 spiro atoms. The van der Waals surface area contributed by atoms with Crippen LogP contribution in [0.5, 0.6) is 0 Å². The molecule has 1 heterocycles.